The van der Waals surface area contributed by atoms with Crippen LogP contribution < -0.4 is 4.74 Å². The number of rotatable bonds is 7. The number of ketones is 1. The van der Waals surface area contributed by atoms with Gasteiger partial charge in [0, 0.05) is 18.4 Å². The van der Waals surface area contributed by atoms with Crippen LogP contribution in [-0.2, 0) is 4.79 Å². The van der Waals surface area contributed by atoms with Gasteiger partial charge in [0.2, 0.25) is 0 Å². The molecule has 0 aliphatic carbocycles. The molecule has 0 aliphatic heterocycles. The van der Waals surface area contributed by atoms with Crippen molar-refractivity contribution >= 4 is 23.4 Å². The second kappa shape index (κ2) is 7.29. The van der Waals surface area contributed by atoms with Gasteiger partial charge in [-0.15, -0.1) is 0 Å². The van der Waals surface area contributed by atoms with E-state index in [2.05, 4.69) is 0 Å². The van der Waals surface area contributed by atoms with Crippen LogP contribution in [0.25, 0.3) is 0 Å². The normalized spacial score (nSPS) is 12.2. The van der Waals surface area contributed by atoms with Crippen LogP contribution in [0.3, 0.4) is 0 Å². The Morgan fingerprint density at radius 3 is 2.40 bits per heavy atom. The number of carboxylic acids is 1. The van der Waals surface area contributed by atoms with Crippen LogP contribution in [0, 0.1) is 5.92 Å². The monoisotopic (exact) mass is 298 g/mol. The molecule has 20 heavy (non-hydrogen) atoms. The second-order valence-corrected chi connectivity index (χ2v) is 5.55. The van der Waals surface area contributed by atoms with E-state index in [4.69, 9.17) is 21.4 Å². The number of carbonyl (C=O) groups excluding carboxylic acids is 1. The minimum Gasteiger partial charge on any atom is -0.489 e. The molecule has 1 aromatic carbocycles. The van der Waals surface area contributed by atoms with E-state index in [0.717, 1.165) is 0 Å². The molecule has 0 aromatic heterocycles. The van der Waals surface area contributed by atoms with Gasteiger partial charge in [-0.2, -0.15) is 0 Å². The molecule has 1 unspecified atom stereocenters. The van der Waals surface area contributed by atoms with E-state index in [0.29, 0.717) is 16.3 Å². The summed E-state index contributed by atoms with van der Waals surface area (Å²) in [6.07, 6.45) is 0.172. The Hall–Kier alpha value is -1.55. The Labute approximate surface area is 123 Å². The summed E-state index contributed by atoms with van der Waals surface area (Å²) in [7, 11) is 0. The Morgan fingerprint density at radius 1 is 1.25 bits per heavy atom. The fraction of sp³-hybridized carbons (Fsp3) is 0.467. The van der Waals surface area contributed by atoms with Crippen molar-refractivity contribution in [3.63, 3.8) is 0 Å². The van der Waals surface area contributed by atoms with Crippen molar-refractivity contribution in [1.82, 2.24) is 0 Å². The number of aliphatic carboxylic acids is 1. The van der Waals surface area contributed by atoms with E-state index < -0.39 is 5.97 Å². The van der Waals surface area contributed by atoms with Gasteiger partial charge in [-0.3, -0.25) is 9.59 Å². The highest BCUT2D eigenvalue weighted by Gasteiger charge is 2.15. The molecule has 1 atom stereocenters. The summed E-state index contributed by atoms with van der Waals surface area (Å²) < 4.78 is 5.49. The van der Waals surface area contributed by atoms with Crippen molar-refractivity contribution in [2.45, 2.75) is 39.7 Å². The van der Waals surface area contributed by atoms with Gasteiger partial charge >= 0.3 is 5.97 Å². The maximum Gasteiger partial charge on any atom is 0.303 e. The number of halogens is 1. The van der Waals surface area contributed by atoms with Gasteiger partial charge < -0.3 is 9.84 Å². The zero-order valence-corrected chi connectivity index (χ0v) is 12.6. The lowest BCUT2D eigenvalue weighted by Gasteiger charge is -2.12. The van der Waals surface area contributed by atoms with Crippen molar-refractivity contribution in [3.05, 3.63) is 28.8 Å². The topological polar surface area (TPSA) is 63.6 Å². The molecule has 1 aromatic rings. The van der Waals surface area contributed by atoms with Gasteiger partial charge in [-0.25, -0.2) is 0 Å². The number of hydrogen-bond acceptors (Lipinski definition) is 3. The summed E-state index contributed by atoms with van der Waals surface area (Å²) >= 11 is 6.07. The minimum atomic E-state index is -0.899. The van der Waals surface area contributed by atoms with E-state index in [1.807, 2.05) is 13.8 Å². The summed E-state index contributed by atoms with van der Waals surface area (Å²) in [4.78, 5) is 22.6. The number of carboxylic acid groups (broad SMARTS) is 1. The van der Waals surface area contributed by atoms with Crippen molar-refractivity contribution in [2.75, 3.05) is 0 Å². The standard InChI is InChI=1S/C15H19ClO4/c1-9(2)20-14-5-4-11(8-12(14)16)13(17)6-10(3)7-15(18)19/h4-5,8-10H,6-7H2,1-3H3,(H,18,19). The van der Waals surface area contributed by atoms with Gasteiger partial charge in [-0.1, -0.05) is 18.5 Å². The van der Waals surface area contributed by atoms with Crippen LogP contribution in [0.2, 0.25) is 5.02 Å². The average molecular weight is 299 g/mol. The van der Waals surface area contributed by atoms with E-state index >= 15 is 0 Å². The fourth-order valence-electron chi connectivity index (χ4n) is 1.83. The summed E-state index contributed by atoms with van der Waals surface area (Å²) in [6, 6.07) is 4.88. The molecule has 0 aliphatic rings. The highest BCUT2D eigenvalue weighted by molar-refractivity contribution is 6.32. The average Bonchev–Trinajstić information content (AvgIpc) is 2.29. The van der Waals surface area contributed by atoms with E-state index in [1.54, 1.807) is 25.1 Å². The molecule has 0 bridgehead atoms. The Kier molecular flexibility index (Phi) is 6.02. The van der Waals surface area contributed by atoms with E-state index in [-0.39, 0.29) is 30.6 Å². The van der Waals surface area contributed by atoms with Gasteiger partial charge in [-0.05, 0) is 38.0 Å². The highest BCUT2D eigenvalue weighted by atomic mass is 35.5. The van der Waals surface area contributed by atoms with Gasteiger partial charge in [0.1, 0.15) is 5.75 Å². The first kappa shape index (κ1) is 16.5. The fourth-order valence-corrected chi connectivity index (χ4v) is 2.05. The van der Waals surface area contributed by atoms with Crippen molar-refractivity contribution in [2.24, 2.45) is 5.92 Å². The zero-order chi connectivity index (χ0) is 15.3. The first-order chi connectivity index (χ1) is 9.29. The summed E-state index contributed by atoms with van der Waals surface area (Å²) in [5.41, 5.74) is 0.475. The summed E-state index contributed by atoms with van der Waals surface area (Å²) in [5.74, 6) is -0.678. The molecule has 1 rings (SSSR count). The Bertz CT molecular complexity index is 497. The number of Topliss-reactive ketones (excluding diaryl/α,β-unsaturated/α-hetero) is 1. The highest BCUT2D eigenvalue weighted by Crippen LogP contribution is 2.27. The number of hydrogen-bond donors (Lipinski definition) is 1. The SMILES string of the molecule is CC(CC(=O)O)CC(=O)c1ccc(OC(C)C)c(Cl)c1. The van der Waals surface area contributed by atoms with Crippen molar-refractivity contribution in [3.8, 4) is 5.75 Å². The largest absolute Gasteiger partial charge is 0.489 e. The molecule has 0 heterocycles. The molecule has 1 N–H and O–H groups in total. The van der Waals surface area contributed by atoms with E-state index in [9.17, 15) is 9.59 Å². The Balaban J connectivity index is 2.74. The summed E-state index contributed by atoms with van der Waals surface area (Å²) in [6.45, 7) is 5.52. The van der Waals surface area contributed by atoms with Gasteiger partial charge in [0.05, 0.1) is 11.1 Å². The predicted octanol–water partition coefficient (Wildman–Crippen LogP) is 3.81. The van der Waals surface area contributed by atoms with Crippen molar-refractivity contribution < 1.29 is 19.4 Å². The summed E-state index contributed by atoms with van der Waals surface area (Å²) in [5, 5.41) is 9.07. The molecular formula is C15H19ClO4. The smallest absolute Gasteiger partial charge is 0.303 e. The van der Waals surface area contributed by atoms with E-state index in [1.165, 1.54) is 0 Å². The van der Waals surface area contributed by atoms with Crippen LogP contribution in [-0.4, -0.2) is 23.0 Å². The number of ether oxygens (including phenoxy) is 1. The molecule has 0 amide bonds. The van der Waals surface area contributed by atoms with Crippen LogP contribution in [0.5, 0.6) is 5.75 Å². The number of benzene rings is 1. The van der Waals surface area contributed by atoms with Gasteiger partial charge in [0.25, 0.3) is 0 Å². The third-order valence-electron chi connectivity index (χ3n) is 2.67. The van der Waals surface area contributed by atoms with Gasteiger partial charge in [0.15, 0.2) is 5.78 Å². The maximum atomic E-state index is 12.0. The molecule has 0 fully saturated rings. The molecule has 0 saturated carbocycles. The first-order valence-electron chi connectivity index (χ1n) is 6.50. The van der Waals surface area contributed by atoms with Crippen LogP contribution in [0.15, 0.2) is 18.2 Å². The molecule has 0 radical (unpaired) electrons. The van der Waals surface area contributed by atoms with Crippen LogP contribution >= 0.6 is 11.6 Å². The van der Waals surface area contributed by atoms with Crippen molar-refractivity contribution in [1.29, 1.82) is 0 Å². The second-order valence-electron chi connectivity index (χ2n) is 5.14. The maximum absolute atomic E-state index is 12.0. The third kappa shape index (κ3) is 5.21. The molecular weight excluding hydrogens is 280 g/mol. The first-order valence-corrected chi connectivity index (χ1v) is 6.88. The molecule has 0 saturated heterocycles. The number of carbonyl (C=O) groups is 2. The molecule has 4 nitrogen and oxygen atoms in total. The lowest BCUT2D eigenvalue weighted by atomic mass is 9.97. The molecule has 0 spiro atoms. The zero-order valence-electron chi connectivity index (χ0n) is 11.9. The minimum absolute atomic E-state index is 0.00430. The predicted molar refractivity (Wildman–Crippen MR) is 77.6 cm³/mol. The van der Waals surface area contributed by atoms with Crippen LogP contribution in [0.4, 0.5) is 0 Å². The van der Waals surface area contributed by atoms with Crippen LogP contribution in [0.1, 0.15) is 44.0 Å². The lowest BCUT2D eigenvalue weighted by Crippen LogP contribution is -2.11. The third-order valence-corrected chi connectivity index (χ3v) is 2.97. The lowest BCUT2D eigenvalue weighted by molar-refractivity contribution is -0.137. The molecule has 5 heteroatoms. The Morgan fingerprint density at radius 2 is 1.90 bits per heavy atom. The molecule has 110 valence electrons. The quantitative estimate of drug-likeness (QED) is 0.777.